The molecule has 2 fully saturated rings. The summed E-state index contributed by atoms with van der Waals surface area (Å²) < 4.78 is 5.33. The standard InChI is InChI=1S/C15H30N4O2/c1-3-16-14(17-10-13-4-5-13)18-11-15(2,20)12-19-6-8-21-9-7-19/h13,20H,3-12H2,1-2H3,(H2,16,17,18). The van der Waals surface area contributed by atoms with Gasteiger partial charge in [-0.05, 0) is 32.6 Å². The fourth-order valence-corrected chi connectivity index (χ4v) is 2.45. The summed E-state index contributed by atoms with van der Waals surface area (Å²) in [5.41, 5.74) is -0.806. The molecule has 0 radical (unpaired) electrons. The monoisotopic (exact) mass is 298 g/mol. The smallest absolute Gasteiger partial charge is 0.191 e. The Morgan fingerprint density at radius 1 is 1.33 bits per heavy atom. The van der Waals surface area contributed by atoms with E-state index in [1.54, 1.807) is 0 Å². The minimum atomic E-state index is -0.806. The van der Waals surface area contributed by atoms with Crippen LogP contribution < -0.4 is 10.6 Å². The van der Waals surface area contributed by atoms with Crippen molar-refractivity contribution in [2.75, 3.05) is 52.5 Å². The van der Waals surface area contributed by atoms with Crippen molar-refractivity contribution < 1.29 is 9.84 Å². The molecule has 0 aromatic rings. The number of guanidine groups is 1. The molecule has 1 atom stereocenters. The number of nitrogens with zero attached hydrogens (tertiary/aromatic N) is 2. The zero-order valence-corrected chi connectivity index (χ0v) is 13.4. The average Bonchev–Trinajstić information content (AvgIpc) is 3.27. The van der Waals surface area contributed by atoms with Crippen LogP contribution in [0.4, 0.5) is 0 Å². The van der Waals surface area contributed by atoms with E-state index < -0.39 is 5.60 Å². The van der Waals surface area contributed by atoms with E-state index in [0.29, 0.717) is 13.1 Å². The Labute approximate surface area is 127 Å². The number of aliphatic hydroxyl groups is 1. The van der Waals surface area contributed by atoms with Crippen LogP contribution in [0.25, 0.3) is 0 Å². The predicted molar refractivity (Wildman–Crippen MR) is 84.6 cm³/mol. The van der Waals surface area contributed by atoms with Gasteiger partial charge in [0.05, 0.1) is 25.4 Å². The van der Waals surface area contributed by atoms with Gasteiger partial charge in [0.15, 0.2) is 5.96 Å². The SMILES string of the molecule is CCNC(=NCC(C)(O)CN1CCOCC1)NCC1CC1. The van der Waals surface area contributed by atoms with E-state index in [1.807, 2.05) is 6.92 Å². The van der Waals surface area contributed by atoms with Gasteiger partial charge in [-0.2, -0.15) is 0 Å². The van der Waals surface area contributed by atoms with Crippen molar-refractivity contribution in [2.24, 2.45) is 10.9 Å². The Kier molecular flexibility index (Phi) is 6.26. The zero-order valence-electron chi connectivity index (χ0n) is 13.4. The topological polar surface area (TPSA) is 69.1 Å². The van der Waals surface area contributed by atoms with E-state index in [-0.39, 0.29) is 0 Å². The van der Waals surface area contributed by atoms with Gasteiger partial charge in [-0.3, -0.25) is 9.89 Å². The number of hydrogen-bond acceptors (Lipinski definition) is 4. The van der Waals surface area contributed by atoms with Gasteiger partial charge in [0, 0.05) is 32.7 Å². The molecule has 0 bridgehead atoms. The lowest BCUT2D eigenvalue weighted by Gasteiger charge is -2.33. The van der Waals surface area contributed by atoms with Crippen molar-refractivity contribution in [1.29, 1.82) is 0 Å². The maximum atomic E-state index is 10.5. The van der Waals surface area contributed by atoms with E-state index in [2.05, 4.69) is 27.4 Å². The van der Waals surface area contributed by atoms with Gasteiger partial charge >= 0.3 is 0 Å². The third-order valence-corrected chi connectivity index (χ3v) is 3.85. The Morgan fingerprint density at radius 3 is 2.67 bits per heavy atom. The lowest BCUT2D eigenvalue weighted by molar-refractivity contribution is -0.0179. The third-order valence-electron chi connectivity index (χ3n) is 3.85. The first-order valence-corrected chi connectivity index (χ1v) is 8.14. The fourth-order valence-electron chi connectivity index (χ4n) is 2.45. The van der Waals surface area contributed by atoms with E-state index >= 15 is 0 Å². The number of aliphatic imine (C=N–C) groups is 1. The molecule has 0 amide bonds. The summed E-state index contributed by atoms with van der Waals surface area (Å²) in [6.07, 6.45) is 2.64. The summed E-state index contributed by atoms with van der Waals surface area (Å²) in [7, 11) is 0. The Morgan fingerprint density at radius 2 is 2.05 bits per heavy atom. The average molecular weight is 298 g/mol. The molecule has 21 heavy (non-hydrogen) atoms. The first kappa shape index (κ1) is 16.5. The molecule has 1 saturated carbocycles. The molecule has 3 N–H and O–H groups in total. The Balaban J connectivity index is 1.78. The van der Waals surface area contributed by atoms with Crippen LogP contribution in [0.3, 0.4) is 0 Å². The van der Waals surface area contributed by atoms with Crippen LogP contribution in [-0.4, -0.2) is 74.0 Å². The predicted octanol–water partition coefficient (Wildman–Crippen LogP) is 0.0347. The van der Waals surface area contributed by atoms with Gasteiger partial charge in [-0.15, -0.1) is 0 Å². The molecule has 1 unspecified atom stereocenters. The Hall–Kier alpha value is -0.850. The van der Waals surface area contributed by atoms with Crippen molar-refractivity contribution in [3.05, 3.63) is 0 Å². The number of hydrogen-bond donors (Lipinski definition) is 3. The number of nitrogens with one attached hydrogen (secondary N) is 2. The molecule has 6 heteroatoms. The number of morpholine rings is 1. The molecule has 6 nitrogen and oxygen atoms in total. The van der Waals surface area contributed by atoms with E-state index in [1.165, 1.54) is 12.8 Å². The molecular weight excluding hydrogens is 268 g/mol. The number of β-amino-alcohol motifs (C(OH)–C–C–N with tert-alkyl or cyclic N) is 1. The van der Waals surface area contributed by atoms with Gasteiger partial charge in [-0.1, -0.05) is 0 Å². The van der Waals surface area contributed by atoms with Crippen LogP contribution in [0.5, 0.6) is 0 Å². The van der Waals surface area contributed by atoms with Crippen LogP contribution in [0.1, 0.15) is 26.7 Å². The van der Waals surface area contributed by atoms with Crippen molar-refractivity contribution in [3.63, 3.8) is 0 Å². The third kappa shape index (κ3) is 6.63. The zero-order chi connectivity index (χ0) is 15.1. The summed E-state index contributed by atoms with van der Waals surface area (Å²) >= 11 is 0. The quantitative estimate of drug-likeness (QED) is 0.457. The summed E-state index contributed by atoms with van der Waals surface area (Å²) in [5, 5.41) is 17.1. The highest BCUT2D eigenvalue weighted by atomic mass is 16.5. The van der Waals surface area contributed by atoms with Crippen LogP contribution in [0.15, 0.2) is 4.99 Å². The van der Waals surface area contributed by atoms with E-state index in [9.17, 15) is 5.11 Å². The highest BCUT2D eigenvalue weighted by Crippen LogP contribution is 2.27. The van der Waals surface area contributed by atoms with Crippen LogP contribution in [-0.2, 0) is 4.74 Å². The van der Waals surface area contributed by atoms with E-state index in [4.69, 9.17) is 4.74 Å². The highest BCUT2D eigenvalue weighted by Gasteiger charge is 2.25. The Bertz CT molecular complexity index is 337. The van der Waals surface area contributed by atoms with Gasteiger partial charge in [-0.25, -0.2) is 0 Å². The molecule has 1 saturated heterocycles. The van der Waals surface area contributed by atoms with Crippen LogP contribution in [0.2, 0.25) is 0 Å². The number of rotatable bonds is 7. The van der Waals surface area contributed by atoms with Crippen molar-refractivity contribution in [1.82, 2.24) is 15.5 Å². The highest BCUT2D eigenvalue weighted by molar-refractivity contribution is 5.79. The molecule has 0 aromatic carbocycles. The van der Waals surface area contributed by atoms with Crippen molar-refractivity contribution in [3.8, 4) is 0 Å². The fraction of sp³-hybridized carbons (Fsp3) is 0.933. The molecule has 1 aliphatic heterocycles. The second-order valence-corrected chi connectivity index (χ2v) is 6.40. The molecule has 2 aliphatic rings. The first-order valence-electron chi connectivity index (χ1n) is 8.14. The van der Waals surface area contributed by atoms with Crippen LogP contribution >= 0.6 is 0 Å². The molecule has 0 spiro atoms. The lowest BCUT2D eigenvalue weighted by atomic mass is 10.1. The molecular formula is C15H30N4O2. The molecule has 122 valence electrons. The molecule has 1 aliphatic carbocycles. The minimum absolute atomic E-state index is 0.407. The second kappa shape index (κ2) is 7.96. The lowest BCUT2D eigenvalue weighted by Crippen LogP contribution is -2.48. The molecule has 2 rings (SSSR count). The van der Waals surface area contributed by atoms with Gasteiger partial charge in [0.2, 0.25) is 0 Å². The summed E-state index contributed by atoms with van der Waals surface area (Å²) in [6.45, 7) is 10.1. The van der Waals surface area contributed by atoms with E-state index in [0.717, 1.165) is 51.3 Å². The largest absolute Gasteiger partial charge is 0.387 e. The minimum Gasteiger partial charge on any atom is -0.387 e. The summed E-state index contributed by atoms with van der Waals surface area (Å²) in [5.74, 6) is 1.62. The summed E-state index contributed by atoms with van der Waals surface area (Å²) in [4.78, 5) is 6.78. The van der Waals surface area contributed by atoms with Gasteiger partial charge in [0.1, 0.15) is 0 Å². The maximum absolute atomic E-state index is 10.5. The van der Waals surface area contributed by atoms with Crippen LogP contribution in [0, 0.1) is 5.92 Å². The van der Waals surface area contributed by atoms with Gasteiger partial charge in [0.25, 0.3) is 0 Å². The second-order valence-electron chi connectivity index (χ2n) is 6.40. The number of ether oxygens (including phenoxy) is 1. The molecule has 0 aromatic heterocycles. The maximum Gasteiger partial charge on any atom is 0.191 e. The normalized spacial score (nSPS) is 23.7. The van der Waals surface area contributed by atoms with Gasteiger partial charge < -0.3 is 20.5 Å². The first-order chi connectivity index (χ1) is 10.1. The molecule has 1 heterocycles. The van der Waals surface area contributed by atoms with Crippen molar-refractivity contribution in [2.45, 2.75) is 32.3 Å². The van der Waals surface area contributed by atoms with Crippen molar-refractivity contribution >= 4 is 5.96 Å². The summed E-state index contributed by atoms with van der Waals surface area (Å²) in [6, 6.07) is 0.